The zero-order valence-corrected chi connectivity index (χ0v) is 13.0. The molecular formula is C16H20NO2P. The van der Waals surface area contributed by atoms with Gasteiger partial charge in [0.05, 0.1) is 6.29 Å². The first-order valence-corrected chi connectivity index (χ1v) is 8.36. The van der Waals surface area contributed by atoms with Crippen molar-refractivity contribution in [1.29, 1.82) is 0 Å². The average molecular weight is 289 g/mol. The highest BCUT2D eigenvalue weighted by Gasteiger charge is 2.28. The minimum absolute atomic E-state index is 0.380. The summed E-state index contributed by atoms with van der Waals surface area (Å²) in [6, 6.07) is 17.0. The number of rotatable bonds is 5. The number of para-hydroxylation sites is 1. The monoisotopic (exact) mass is 289 g/mol. The highest BCUT2D eigenvalue weighted by atomic mass is 31.2. The second kappa shape index (κ2) is 6.25. The molecule has 1 unspecified atom stereocenters. The Labute approximate surface area is 120 Å². The Kier molecular flexibility index (Phi) is 4.64. The maximum atomic E-state index is 13.2. The Bertz CT molecular complexity index is 594. The Morgan fingerprint density at radius 3 is 2.15 bits per heavy atom. The molecule has 0 spiro atoms. The Balaban J connectivity index is 2.35. The van der Waals surface area contributed by atoms with E-state index < -0.39 is 7.37 Å². The van der Waals surface area contributed by atoms with Crippen LogP contribution in [0.25, 0.3) is 0 Å². The van der Waals surface area contributed by atoms with Crippen LogP contribution in [0.5, 0.6) is 5.75 Å². The maximum absolute atomic E-state index is 13.2. The van der Waals surface area contributed by atoms with Crippen LogP contribution >= 0.6 is 7.37 Å². The van der Waals surface area contributed by atoms with Gasteiger partial charge in [0.25, 0.3) is 7.37 Å². The molecule has 0 aliphatic carbocycles. The van der Waals surface area contributed by atoms with Crippen molar-refractivity contribution in [2.45, 2.75) is 6.92 Å². The number of hydrogen-bond donors (Lipinski definition) is 0. The second-order valence-corrected chi connectivity index (χ2v) is 7.46. The molecule has 0 amide bonds. The minimum Gasteiger partial charge on any atom is -0.439 e. The third-order valence-electron chi connectivity index (χ3n) is 2.89. The van der Waals surface area contributed by atoms with Crippen LogP contribution in [-0.4, -0.2) is 25.3 Å². The van der Waals surface area contributed by atoms with Crippen molar-refractivity contribution in [3.63, 3.8) is 0 Å². The van der Waals surface area contributed by atoms with Crippen LogP contribution in [-0.2, 0) is 4.57 Å². The van der Waals surface area contributed by atoms with E-state index in [4.69, 9.17) is 4.52 Å². The van der Waals surface area contributed by atoms with Crippen molar-refractivity contribution < 1.29 is 9.09 Å². The first-order chi connectivity index (χ1) is 9.49. The van der Waals surface area contributed by atoms with Gasteiger partial charge in [0, 0.05) is 5.30 Å². The van der Waals surface area contributed by atoms with Crippen LogP contribution in [0.1, 0.15) is 5.56 Å². The molecule has 0 fully saturated rings. The molecule has 2 aromatic rings. The quantitative estimate of drug-likeness (QED) is 0.789. The van der Waals surface area contributed by atoms with E-state index in [2.05, 4.69) is 0 Å². The SMILES string of the molecule is Cc1ccc(P(=O)(CN(C)C)Oc2ccccc2)cc1. The second-order valence-electron chi connectivity index (χ2n) is 5.13. The standard InChI is InChI=1S/C16H20NO2P/c1-14-9-11-16(12-10-14)20(18,13-17(2)3)19-15-7-5-4-6-8-15/h4-12H,13H2,1-3H3. The van der Waals surface area contributed by atoms with Gasteiger partial charge in [0.2, 0.25) is 0 Å². The molecule has 0 saturated heterocycles. The summed E-state index contributed by atoms with van der Waals surface area (Å²) in [5.74, 6) is 0.637. The largest absolute Gasteiger partial charge is 0.439 e. The number of benzene rings is 2. The lowest BCUT2D eigenvalue weighted by molar-refractivity contribution is 0.425. The van der Waals surface area contributed by atoms with E-state index in [9.17, 15) is 4.57 Å². The highest BCUT2D eigenvalue weighted by molar-refractivity contribution is 7.67. The maximum Gasteiger partial charge on any atom is 0.290 e. The highest BCUT2D eigenvalue weighted by Crippen LogP contribution is 2.46. The summed E-state index contributed by atoms with van der Waals surface area (Å²) >= 11 is 0. The molecule has 0 radical (unpaired) electrons. The van der Waals surface area contributed by atoms with Crippen molar-refractivity contribution in [3.05, 3.63) is 60.2 Å². The molecule has 0 aliphatic rings. The summed E-state index contributed by atoms with van der Waals surface area (Å²) in [6.07, 6.45) is 0.380. The number of hydrogen-bond acceptors (Lipinski definition) is 3. The van der Waals surface area contributed by atoms with Crippen LogP contribution in [0.2, 0.25) is 0 Å². The first kappa shape index (κ1) is 14.8. The zero-order chi connectivity index (χ0) is 14.6. The van der Waals surface area contributed by atoms with E-state index in [1.807, 2.05) is 80.5 Å². The van der Waals surface area contributed by atoms with E-state index in [-0.39, 0.29) is 0 Å². The van der Waals surface area contributed by atoms with Crippen molar-refractivity contribution in [2.75, 3.05) is 20.4 Å². The lowest BCUT2D eigenvalue weighted by Gasteiger charge is -2.23. The molecule has 0 saturated carbocycles. The summed E-state index contributed by atoms with van der Waals surface area (Å²) in [6.45, 7) is 2.01. The Morgan fingerprint density at radius 1 is 1.00 bits per heavy atom. The Morgan fingerprint density at radius 2 is 1.60 bits per heavy atom. The van der Waals surface area contributed by atoms with E-state index >= 15 is 0 Å². The van der Waals surface area contributed by atoms with Crippen molar-refractivity contribution in [2.24, 2.45) is 0 Å². The molecule has 2 aromatic carbocycles. The van der Waals surface area contributed by atoms with E-state index in [0.29, 0.717) is 12.0 Å². The summed E-state index contributed by atoms with van der Waals surface area (Å²) in [5.41, 5.74) is 1.14. The molecular weight excluding hydrogens is 269 g/mol. The lowest BCUT2D eigenvalue weighted by atomic mass is 10.2. The van der Waals surface area contributed by atoms with Gasteiger partial charge in [0.15, 0.2) is 0 Å². The van der Waals surface area contributed by atoms with Gasteiger partial charge in [-0.15, -0.1) is 0 Å². The third-order valence-corrected chi connectivity index (χ3v) is 5.42. The first-order valence-electron chi connectivity index (χ1n) is 6.55. The molecule has 1 atom stereocenters. The Hall–Kier alpha value is -1.57. The molecule has 0 bridgehead atoms. The molecule has 4 heteroatoms. The third kappa shape index (κ3) is 3.72. The van der Waals surface area contributed by atoms with Gasteiger partial charge in [-0.25, -0.2) is 0 Å². The fraction of sp³-hybridized carbons (Fsp3) is 0.250. The lowest BCUT2D eigenvalue weighted by Crippen LogP contribution is -2.22. The molecule has 3 nitrogen and oxygen atoms in total. The van der Waals surface area contributed by atoms with Crippen LogP contribution in [0.3, 0.4) is 0 Å². The van der Waals surface area contributed by atoms with E-state index in [1.165, 1.54) is 0 Å². The van der Waals surface area contributed by atoms with E-state index in [0.717, 1.165) is 10.9 Å². The topological polar surface area (TPSA) is 29.5 Å². The molecule has 0 N–H and O–H groups in total. The van der Waals surface area contributed by atoms with Crippen molar-refractivity contribution >= 4 is 12.7 Å². The molecule has 0 heterocycles. The summed E-state index contributed by atoms with van der Waals surface area (Å²) in [7, 11) is 0.852. The smallest absolute Gasteiger partial charge is 0.290 e. The van der Waals surface area contributed by atoms with Gasteiger partial charge in [-0.05, 0) is 45.3 Å². The van der Waals surface area contributed by atoms with Gasteiger partial charge in [-0.3, -0.25) is 9.46 Å². The summed E-state index contributed by atoms with van der Waals surface area (Å²) in [4.78, 5) is 1.89. The predicted octanol–water partition coefficient (Wildman–Crippen LogP) is 3.50. The van der Waals surface area contributed by atoms with Crippen LogP contribution < -0.4 is 9.83 Å². The van der Waals surface area contributed by atoms with Crippen molar-refractivity contribution in [3.8, 4) is 5.75 Å². The van der Waals surface area contributed by atoms with E-state index in [1.54, 1.807) is 0 Å². The molecule has 0 aliphatic heterocycles. The van der Waals surface area contributed by atoms with Gasteiger partial charge in [-0.1, -0.05) is 35.9 Å². The van der Waals surface area contributed by atoms with Crippen LogP contribution in [0, 0.1) is 6.92 Å². The molecule has 20 heavy (non-hydrogen) atoms. The average Bonchev–Trinajstić information content (AvgIpc) is 2.39. The van der Waals surface area contributed by atoms with Gasteiger partial charge < -0.3 is 4.52 Å². The summed E-state index contributed by atoms with van der Waals surface area (Å²) in [5, 5.41) is 0.751. The van der Waals surface area contributed by atoms with Crippen LogP contribution in [0.4, 0.5) is 0 Å². The van der Waals surface area contributed by atoms with Gasteiger partial charge >= 0.3 is 0 Å². The van der Waals surface area contributed by atoms with Crippen molar-refractivity contribution in [1.82, 2.24) is 4.90 Å². The predicted molar refractivity (Wildman–Crippen MR) is 84.0 cm³/mol. The normalized spacial score (nSPS) is 14.0. The molecule has 2 rings (SSSR count). The number of nitrogens with zero attached hydrogens (tertiary/aromatic N) is 1. The number of aryl methyl sites for hydroxylation is 1. The van der Waals surface area contributed by atoms with Crippen LogP contribution in [0.15, 0.2) is 54.6 Å². The van der Waals surface area contributed by atoms with Gasteiger partial charge in [0.1, 0.15) is 5.75 Å². The fourth-order valence-electron chi connectivity index (χ4n) is 1.96. The molecule has 0 aromatic heterocycles. The van der Waals surface area contributed by atoms with Gasteiger partial charge in [-0.2, -0.15) is 0 Å². The zero-order valence-electron chi connectivity index (χ0n) is 12.1. The fourth-order valence-corrected chi connectivity index (χ4v) is 4.10. The summed E-state index contributed by atoms with van der Waals surface area (Å²) < 4.78 is 19.1. The molecule has 106 valence electrons. The minimum atomic E-state index is -2.94.